The highest BCUT2D eigenvalue weighted by Gasteiger charge is 2.09. The van der Waals surface area contributed by atoms with E-state index in [0.29, 0.717) is 17.7 Å². The predicted molar refractivity (Wildman–Crippen MR) is 76.0 cm³/mol. The summed E-state index contributed by atoms with van der Waals surface area (Å²) >= 11 is 0. The number of nitrogens with zero attached hydrogens (tertiary/aromatic N) is 1. The molecule has 1 amide bonds. The third-order valence-corrected chi connectivity index (χ3v) is 3.35. The van der Waals surface area contributed by atoms with Crippen LogP contribution < -0.4 is 5.73 Å². The van der Waals surface area contributed by atoms with Crippen LogP contribution in [0.25, 0.3) is 10.9 Å². The second-order valence-electron chi connectivity index (χ2n) is 4.67. The van der Waals surface area contributed by atoms with Gasteiger partial charge in [-0.15, -0.1) is 0 Å². The second-order valence-corrected chi connectivity index (χ2v) is 4.67. The zero-order valence-electron chi connectivity index (χ0n) is 10.7. The Kier molecular flexibility index (Phi) is 2.99. The Balaban J connectivity index is 2.02. The molecule has 0 atom stereocenters. The Bertz CT molecular complexity index is 792. The Morgan fingerprint density at radius 1 is 1.15 bits per heavy atom. The molecule has 100 valence electrons. The number of benzene rings is 2. The minimum absolute atomic E-state index is 0.317. The molecule has 3 nitrogen and oxygen atoms in total. The maximum absolute atomic E-state index is 13.9. The molecule has 4 heteroatoms. The largest absolute Gasteiger partial charge is 0.366 e. The van der Waals surface area contributed by atoms with Gasteiger partial charge in [0.2, 0.25) is 5.91 Å². The number of halogens is 1. The highest BCUT2D eigenvalue weighted by atomic mass is 19.1. The maximum atomic E-state index is 13.9. The van der Waals surface area contributed by atoms with Crippen LogP contribution in [0.5, 0.6) is 0 Å². The van der Waals surface area contributed by atoms with E-state index in [9.17, 15) is 9.18 Å². The summed E-state index contributed by atoms with van der Waals surface area (Å²) in [5.41, 5.74) is 7.02. The van der Waals surface area contributed by atoms with E-state index in [1.807, 2.05) is 41.1 Å². The number of rotatable bonds is 3. The number of nitrogens with two attached hydrogens (primary N) is 1. The molecule has 20 heavy (non-hydrogen) atoms. The lowest BCUT2D eigenvalue weighted by atomic mass is 10.1. The highest BCUT2D eigenvalue weighted by Crippen LogP contribution is 2.18. The van der Waals surface area contributed by atoms with E-state index < -0.39 is 5.91 Å². The maximum Gasteiger partial charge on any atom is 0.248 e. The van der Waals surface area contributed by atoms with Crippen molar-refractivity contribution in [1.29, 1.82) is 0 Å². The first-order chi connectivity index (χ1) is 9.65. The van der Waals surface area contributed by atoms with Crippen LogP contribution in [0.3, 0.4) is 0 Å². The van der Waals surface area contributed by atoms with Crippen molar-refractivity contribution in [2.24, 2.45) is 5.73 Å². The summed E-state index contributed by atoms with van der Waals surface area (Å²) in [6.45, 7) is 0.362. The molecule has 2 aromatic carbocycles. The minimum atomic E-state index is -0.552. The van der Waals surface area contributed by atoms with E-state index in [2.05, 4.69) is 0 Å². The van der Waals surface area contributed by atoms with E-state index in [-0.39, 0.29) is 5.82 Å². The smallest absolute Gasteiger partial charge is 0.248 e. The number of carbonyl (C=O) groups is 1. The lowest BCUT2D eigenvalue weighted by molar-refractivity contribution is 0.1000. The number of amides is 1. The molecule has 0 aliphatic rings. The second kappa shape index (κ2) is 4.81. The molecule has 0 bridgehead atoms. The molecule has 0 unspecified atom stereocenters. The Labute approximate surface area is 115 Å². The molecule has 0 saturated heterocycles. The average molecular weight is 268 g/mol. The molecule has 0 spiro atoms. The topological polar surface area (TPSA) is 48.0 Å². The number of carbonyl (C=O) groups excluding carboxylic acids is 1. The van der Waals surface area contributed by atoms with Crippen molar-refractivity contribution in [2.75, 3.05) is 0 Å². The summed E-state index contributed by atoms with van der Waals surface area (Å²) in [6, 6.07) is 14.0. The zero-order chi connectivity index (χ0) is 14.1. The first-order valence-corrected chi connectivity index (χ1v) is 6.27. The Hall–Kier alpha value is -2.62. The highest BCUT2D eigenvalue weighted by molar-refractivity contribution is 5.92. The van der Waals surface area contributed by atoms with E-state index in [4.69, 9.17) is 5.73 Å². The van der Waals surface area contributed by atoms with Gasteiger partial charge in [-0.25, -0.2) is 4.39 Å². The minimum Gasteiger partial charge on any atom is -0.366 e. The van der Waals surface area contributed by atoms with Crippen molar-refractivity contribution < 1.29 is 9.18 Å². The van der Waals surface area contributed by atoms with Crippen LogP contribution in [0.15, 0.2) is 54.7 Å². The summed E-state index contributed by atoms with van der Waals surface area (Å²) in [5, 5.41) is 1.10. The molecule has 2 N–H and O–H groups in total. The van der Waals surface area contributed by atoms with Gasteiger partial charge in [0.1, 0.15) is 5.82 Å². The molecule has 3 rings (SSSR count). The molecule has 0 aliphatic carbocycles. The summed E-state index contributed by atoms with van der Waals surface area (Å²) < 4.78 is 15.8. The first-order valence-electron chi connectivity index (χ1n) is 6.27. The van der Waals surface area contributed by atoms with Crippen LogP contribution in [-0.2, 0) is 6.54 Å². The number of hydrogen-bond donors (Lipinski definition) is 1. The van der Waals surface area contributed by atoms with Gasteiger partial charge in [0.05, 0.1) is 6.54 Å². The standard InChI is InChI=1S/C16H13FN2O/c17-14-6-5-12(16(18)20)9-13(14)10-19-8-7-11-3-1-2-4-15(11)19/h1-9H,10H2,(H2,18,20). The number of aromatic nitrogens is 1. The fraction of sp³-hybridized carbons (Fsp3) is 0.0625. The molecule has 0 fully saturated rings. The summed E-state index contributed by atoms with van der Waals surface area (Å²) in [5.74, 6) is -0.892. The Morgan fingerprint density at radius 2 is 1.95 bits per heavy atom. The zero-order valence-corrected chi connectivity index (χ0v) is 10.7. The molecule has 1 aromatic heterocycles. The monoisotopic (exact) mass is 268 g/mol. The van der Waals surface area contributed by atoms with Crippen molar-refractivity contribution in [2.45, 2.75) is 6.54 Å². The number of fused-ring (bicyclic) bond motifs is 1. The van der Waals surface area contributed by atoms with Crippen LogP contribution in [0, 0.1) is 5.82 Å². The third-order valence-electron chi connectivity index (χ3n) is 3.35. The van der Waals surface area contributed by atoms with Gasteiger partial charge in [0.15, 0.2) is 0 Å². The average Bonchev–Trinajstić information content (AvgIpc) is 2.84. The fourth-order valence-corrected chi connectivity index (χ4v) is 2.31. The van der Waals surface area contributed by atoms with Crippen molar-refractivity contribution >= 4 is 16.8 Å². The number of primary amides is 1. The SMILES string of the molecule is NC(=O)c1ccc(F)c(Cn2ccc3ccccc32)c1. The summed E-state index contributed by atoms with van der Waals surface area (Å²) in [6.07, 6.45) is 1.90. The van der Waals surface area contributed by atoms with Gasteiger partial charge >= 0.3 is 0 Å². The van der Waals surface area contributed by atoms with Gasteiger partial charge in [-0.3, -0.25) is 4.79 Å². The molecular formula is C16H13FN2O. The van der Waals surface area contributed by atoms with Crippen LogP contribution >= 0.6 is 0 Å². The molecular weight excluding hydrogens is 255 g/mol. The molecule has 3 aromatic rings. The van der Waals surface area contributed by atoms with Gasteiger partial charge in [0.25, 0.3) is 0 Å². The quantitative estimate of drug-likeness (QED) is 0.780. The van der Waals surface area contributed by atoms with Crippen LogP contribution in [-0.4, -0.2) is 10.5 Å². The van der Waals surface area contributed by atoms with Crippen molar-refractivity contribution in [3.05, 3.63) is 71.7 Å². The number of hydrogen-bond acceptors (Lipinski definition) is 1. The van der Waals surface area contributed by atoms with E-state index in [1.165, 1.54) is 18.2 Å². The van der Waals surface area contributed by atoms with E-state index in [0.717, 1.165) is 10.9 Å². The van der Waals surface area contributed by atoms with Gasteiger partial charge in [-0.05, 0) is 35.7 Å². The lowest BCUT2D eigenvalue weighted by Crippen LogP contribution is -2.12. The van der Waals surface area contributed by atoms with Crippen LogP contribution in [0.2, 0.25) is 0 Å². The first kappa shape index (κ1) is 12.4. The molecule has 0 saturated carbocycles. The molecule has 1 heterocycles. The summed E-state index contributed by atoms with van der Waals surface area (Å²) in [7, 11) is 0. The van der Waals surface area contributed by atoms with Crippen LogP contribution in [0.4, 0.5) is 4.39 Å². The number of para-hydroxylation sites is 1. The fourth-order valence-electron chi connectivity index (χ4n) is 2.31. The van der Waals surface area contributed by atoms with Crippen molar-refractivity contribution in [3.63, 3.8) is 0 Å². The van der Waals surface area contributed by atoms with E-state index in [1.54, 1.807) is 0 Å². The molecule has 0 radical (unpaired) electrons. The third kappa shape index (κ3) is 2.16. The lowest BCUT2D eigenvalue weighted by Gasteiger charge is -2.08. The molecule has 0 aliphatic heterocycles. The van der Waals surface area contributed by atoms with Gasteiger partial charge < -0.3 is 10.3 Å². The normalized spacial score (nSPS) is 10.8. The van der Waals surface area contributed by atoms with Crippen molar-refractivity contribution in [1.82, 2.24) is 4.57 Å². The Morgan fingerprint density at radius 3 is 2.75 bits per heavy atom. The van der Waals surface area contributed by atoms with E-state index >= 15 is 0 Å². The van der Waals surface area contributed by atoms with Gasteiger partial charge in [0, 0.05) is 22.8 Å². The predicted octanol–water partition coefficient (Wildman–Crippen LogP) is 2.93. The summed E-state index contributed by atoms with van der Waals surface area (Å²) in [4.78, 5) is 11.2. The van der Waals surface area contributed by atoms with Gasteiger partial charge in [-0.2, -0.15) is 0 Å². The van der Waals surface area contributed by atoms with Gasteiger partial charge in [-0.1, -0.05) is 18.2 Å². The van der Waals surface area contributed by atoms with Crippen LogP contribution in [0.1, 0.15) is 15.9 Å². The van der Waals surface area contributed by atoms with Crippen molar-refractivity contribution in [3.8, 4) is 0 Å².